The lowest BCUT2D eigenvalue weighted by atomic mass is 10.0. The van der Waals surface area contributed by atoms with Crippen LogP contribution in [-0.2, 0) is 4.79 Å². The third-order valence-electron chi connectivity index (χ3n) is 2.92. The molecule has 2 unspecified atom stereocenters. The predicted octanol–water partition coefficient (Wildman–Crippen LogP) is 2.09. The third kappa shape index (κ3) is 1.37. The van der Waals surface area contributed by atoms with Crippen LogP contribution >= 0.6 is 0 Å². The molecule has 0 aliphatic heterocycles. The van der Waals surface area contributed by atoms with Crippen LogP contribution in [0.1, 0.15) is 23.7 Å². The molecule has 2 atom stereocenters. The highest BCUT2D eigenvalue weighted by molar-refractivity contribution is 6.02. The van der Waals surface area contributed by atoms with Gasteiger partial charge in [-0.15, -0.1) is 0 Å². The van der Waals surface area contributed by atoms with Crippen LogP contribution in [0.3, 0.4) is 0 Å². The highest BCUT2D eigenvalue weighted by atomic mass is 16.1. The Morgan fingerprint density at radius 1 is 1.43 bits per heavy atom. The molecule has 72 valence electrons. The van der Waals surface area contributed by atoms with Crippen LogP contribution in [0, 0.1) is 11.3 Å². The Hall–Kier alpha value is -1.44. The van der Waals surface area contributed by atoms with E-state index in [9.17, 15) is 9.59 Å². The van der Waals surface area contributed by atoms with Crippen molar-refractivity contribution in [3.8, 4) is 0 Å². The number of hydrogen-bond acceptors (Lipinski definition) is 2. The van der Waals surface area contributed by atoms with Crippen LogP contribution < -0.4 is 0 Å². The van der Waals surface area contributed by atoms with Gasteiger partial charge in [-0.3, -0.25) is 4.79 Å². The van der Waals surface area contributed by atoms with Crippen molar-refractivity contribution in [1.29, 1.82) is 0 Å². The number of aldehydes is 1. The maximum atomic E-state index is 11.8. The van der Waals surface area contributed by atoms with Crippen molar-refractivity contribution in [3.63, 3.8) is 0 Å². The highest BCUT2D eigenvalue weighted by Crippen LogP contribution is 2.51. The minimum absolute atomic E-state index is 0.0950. The summed E-state index contributed by atoms with van der Waals surface area (Å²) in [7, 11) is 0. The van der Waals surface area contributed by atoms with E-state index in [1.54, 1.807) is 12.1 Å². The van der Waals surface area contributed by atoms with E-state index >= 15 is 0 Å². The fourth-order valence-corrected chi connectivity index (χ4v) is 1.71. The van der Waals surface area contributed by atoms with Crippen molar-refractivity contribution < 1.29 is 9.59 Å². The van der Waals surface area contributed by atoms with Gasteiger partial charge in [0.2, 0.25) is 0 Å². The van der Waals surface area contributed by atoms with Gasteiger partial charge < -0.3 is 4.79 Å². The van der Waals surface area contributed by atoms with E-state index in [0.29, 0.717) is 12.0 Å². The maximum absolute atomic E-state index is 11.8. The van der Waals surface area contributed by atoms with Crippen LogP contribution in [0.15, 0.2) is 30.3 Å². The van der Waals surface area contributed by atoms with Crippen LogP contribution in [0.5, 0.6) is 0 Å². The molecule has 0 amide bonds. The summed E-state index contributed by atoms with van der Waals surface area (Å²) in [5.74, 6) is 0.00241. The molecule has 1 fully saturated rings. The first-order valence-electron chi connectivity index (χ1n) is 4.73. The molecule has 0 saturated heterocycles. The molecule has 0 spiro atoms. The number of ketones is 1. The highest BCUT2D eigenvalue weighted by Gasteiger charge is 2.54. The molecular formula is C12H12O2. The molecule has 0 bridgehead atoms. The largest absolute Gasteiger partial charge is 0.303 e. The predicted molar refractivity (Wildman–Crippen MR) is 53.1 cm³/mol. The zero-order valence-corrected chi connectivity index (χ0v) is 8.07. The second-order valence-corrected chi connectivity index (χ2v) is 4.11. The average molecular weight is 188 g/mol. The van der Waals surface area contributed by atoms with Gasteiger partial charge in [0.1, 0.15) is 6.29 Å². The summed E-state index contributed by atoms with van der Waals surface area (Å²) in [5.41, 5.74) is 0.315. The van der Waals surface area contributed by atoms with E-state index in [4.69, 9.17) is 0 Å². The summed E-state index contributed by atoms with van der Waals surface area (Å²) in [6.45, 7) is 1.84. The Morgan fingerprint density at radius 3 is 2.57 bits per heavy atom. The number of benzene rings is 1. The monoisotopic (exact) mass is 188 g/mol. The lowest BCUT2D eigenvalue weighted by Gasteiger charge is -2.01. The number of carbonyl (C=O) groups excluding carboxylic acids is 2. The molecule has 14 heavy (non-hydrogen) atoms. The molecule has 2 nitrogen and oxygen atoms in total. The topological polar surface area (TPSA) is 34.1 Å². The lowest BCUT2D eigenvalue weighted by molar-refractivity contribution is -0.112. The van der Waals surface area contributed by atoms with Crippen LogP contribution in [-0.4, -0.2) is 12.1 Å². The summed E-state index contributed by atoms with van der Waals surface area (Å²) in [6.07, 6.45) is 1.60. The summed E-state index contributed by atoms with van der Waals surface area (Å²) in [5, 5.41) is 0. The normalized spacial score (nSPS) is 29.6. The van der Waals surface area contributed by atoms with Gasteiger partial charge in [0, 0.05) is 16.9 Å². The average Bonchev–Trinajstić information content (AvgIpc) is 2.92. The molecular weight excluding hydrogens is 176 g/mol. The SMILES string of the molecule is CC1(C=O)CC1C(=O)c1ccccc1. The van der Waals surface area contributed by atoms with E-state index < -0.39 is 5.41 Å². The Bertz CT molecular complexity index is 369. The first kappa shape index (κ1) is 9.13. The van der Waals surface area contributed by atoms with Gasteiger partial charge in [-0.1, -0.05) is 37.3 Å². The lowest BCUT2D eigenvalue weighted by Crippen LogP contribution is -2.09. The fraction of sp³-hybridized carbons (Fsp3) is 0.333. The minimum Gasteiger partial charge on any atom is -0.303 e. The molecule has 1 aromatic carbocycles. The Labute approximate surface area is 82.9 Å². The molecule has 0 aromatic heterocycles. The van der Waals surface area contributed by atoms with Crippen LogP contribution in [0.2, 0.25) is 0 Å². The zero-order chi connectivity index (χ0) is 10.2. The van der Waals surface area contributed by atoms with Crippen molar-refractivity contribution in [2.75, 3.05) is 0 Å². The Kier molecular flexibility index (Phi) is 1.99. The first-order valence-corrected chi connectivity index (χ1v) is 4.73. The van der Waals surface area contributed by atoms with E-state index in [1.165, 1.54) is 0 Å². The van der Waals surface area contributed by atoms with Crippen molar-refractivity contribution >= 4 is 12.1 Å². The van der Waals surface area contributed by atoms with E-state index in [1.807, 2.05) is 25.1 Å². The standard InChI is InChI=1S/C12H12O2/c1-12(8-13)7-10(12)11(14)9-5-3-2-4-6-9/h2-6,8,10H,7H2,1H3. The number of carbonyl (C=O) groups is 2. The summed E-state index contributed by atoms with van der Waals surface area (Å²) >= 11 is 0. The summed E-state index contributed by atoms with van der Waals surface area (Å²) in [6, 6.07) is 9.15. The molecule has 2 rings (SSSR count). The number of rotatable bonds is 3. The number of Topliss-reactive ketones (excluding diaryl/α,β-unsaturated/α-hetero) is 1. The number of hydrogen-bond donors (Lipinski definition) is 0. The molecule has 1 aliphatic rings. The van der Waals surface area contributed by atoms with Crippen molar-refractivity contribution in [3.05, 3.63) is 35.9 Å². The van der Waals surface area contributed by atoms with Crippen LogP contribution in [0.25, 0.3) is 0 Å². The Morgan fingerprint density at radius 2 is 2.07 bits per heavy atom. The Balaban J connectivity index is 2.16. The molecule has 0 N–H and O–H groups in total. The van der Waals surface area contributed by atoms with E-state index in [2.05, 4.69) is 0 Å². The fourth-order valence-electron chi connectivity index (χ4n) is 1.71. The minimum atomic E-state index is -0.396. The van der Waals surface area contributed by atoms with Gasteiger partial charge in [-0.05, 0) is 6.42 Å². The molecule has 2 heteroatoms. The van der Waals surface area contributed by atoms with E-state index in [-0.39, 0.29) is 11.7 Å². The van der Waals surface area contributed by atoms with Gasteiger partial charge in [0.15, 0.2) is 5.78 Å². The van der Waals surface area contributed by atoms with E-state index in [0.717, 1.165) is 6.29 Å². The van der Waals surface area contributed by atoms with Crippen LogP contribution in [0.4, 0.5) is 0 Å². The zero-order valence-electron chi connectivity index (χ0n) is 8.07. The quantitative estimate of drug-likeness (QED) is 0.537. The molecule has 0 heterocycles. The van der Waals surface area contributed by atoms with Crippen molar-refractivity contribution in [2.45, 2.75) is 13.3 Å². The smallest absolute Gasteiger partial charge is 0.166 e. The van der Waals surface area contributed by atoms with Crippen molar-refractivity contribution in [1.82, 2.24) is 0 Å². The molecule has 1 aliphatic carbocycles. The first-order chi connectivity index (χ1) is 6.67. The molecule has 1 saturated carbocycles. The second kappa shape index (κ2) is 3.05. The van der Waals surface area contributed by atoms with Crippen molar-refractivity contribution in [2.24, 2.45) is 11.3 Å². The van der Waals surface area contributed by atoms with Gasteiger partial charge in [0.05, 0.1) is 0 Å². The maximum Gasteiger partial charge on any atom is 0.166 e. The third-order valence-corrected chi connectivity index (χ3v) is 2.92. The molecule has 1 aromatic rings. The summed E-state index contributed by atoms with van der Waals surface area (Å²) < 4.78 is 0. The second-order valence-electron chi connectivity index (χ2n) is 4.11. The van der Waals surface area contributed by atoms with Gasteiger partial charge in [-0.2, -0.15) is 0 Å². The van der Waals surface area contributed by atoms with Gasteiger partial charge in [-0.25, -0.2) is 0 Å². The summed E-state index contributed by atoms with van der Waals surface area (Å²) in [4.78, 5) is 22.5. The molecule has 0 radical (unpaired) electrons. The van der Waals surface area contributed by atoms with Gasteiger partial charge >= 0.3 is 0 Å². The van der Waals surface area contributed by atoms with Gasteiger partial charge in [0.25, 0.3) is 0 Å².